The van der Waals surface area contributed by atoms with Crippen molar-refractivity contribution in [2.24, 2.45) is 0 Å². The molecular formula is C14H11N5. The van der Waals surface area contributed by atoms with Crippen LogP contribution in [-0.2, 0) is 0 Å². The van der Waals surface area contributed by atoms with E-state index in [4.69, 9.17) is 5.73 Å². The number of benzene rings is 1. The molecule has 2 N–H and O–H groups in total. The van der Waals surface area contributed by atoms with Gasteiger partial charge in [-0.25, -0.2) is 9.97 Å². The summed E-state index contributed by atoms with van der Waals surface area (Å²) in [6.07, 6.45) is 1.45. The van der Waals surface area contributed by atoms with E-state index in [0.717, 1.165) is 16.9 Å². The summed E-state index contributed by atoms with van der Waals surface area (Å²) in [5.41, 5.74) is 9.55. The van der Waals surface area contributed by atoms with Gasteiger partial charge in [-0.05, 0) is 19.1 Å². The van der Waals surface area contributed by atoms with Gasteiger partial charge < -0.3 is 5.73 Å². The van der Waals surface area contributed by atoms with Crippen LogP contribution >= 0.6 is 0 Å². The van der Waals surface area contributed by atoms with Crippen molar-refractivity contribution >= 4 is 16.9 Å². The van der Waals surface area contributed by atoms with E-state index in [1.165, 1.54) is 6.33 Å². The maximum absolute atomic E-state index is 9.26. The third-order valence-electron chi connectivity index (χ3n) is 3.09. The second kappa shape index (κ2) is 4.10. The summed E-state index contributed by atoms with van der Waals surface area (Å²) in [5, 5.41) is 9.26. The molecule has 0 unspecified atom stereocenters. The van der Waals surface area contributed by atoms with Crippen molar-refractivity contribution < 1.29 is 0 Å². The van der Waals surface area contributed by atoms with E-state index in [0.29, 0.717) is 16.9 Å². The van der Waals surface area contributed by atoms with E-state index >= 15 is 0 Å². The zero-order chi connectivity index (χ0) is 13.4. The fourth-order valence-electron chi connectivity index (χ4n) is 2.23. The third kappa shape index (κ3) is 1.54. The van der Waals surface area contributed by atoms with Crippen LogP contribution in [0.5, 0.6) is 0 Å². The highest BCUT2D eigenvalue weighted by Gasteiger charge is 2.18. The molecule has 0 aliphatic rings. The molecule has 3 aromatic rings. The Hall–Kier alpha value is -2.87. The zero-order valence-electron chi connectivity index (χ0n) is 10.3. The van der Waals surface area contributed by atoms with Gasteiger partial charge in [-0.15, -0.1) is 0 Å². The van der Waals surface area contributed by atoms with Crippen molar-refractivity contribution in [2.75, 3.05) is 5.73 Å². The first kappa shape index (κ1) is 11.2. The van der Waals surface area contributed by atoms with Crippen molar-refractivity contribution in [3.05, 3.63) is 47.9 Å². The molecule has 1 aromatic carbocycles. The monoisotopic (exact) mass is 249 g/mol. The number of hydrogen-bond donors (Lipinski definition) is 1. The van der Waals surface area contributed by atoms with Crippen molar-refractivity contribution in [1.82, 2.24) is 14.5 Å². The zero-order valence-corrected chi connectivity index (χ0v) is 10.3. The Morgan fingerprint density at radius 2 is 1.95 bits per heavy atom. The lowest BCUT2D eigenvalue weighted by Crippen LogP contribution is -2.01. The predicted molar refractivity (Wildman–Crippen MR) is 72.7 cm³/mol. The Morgan fingerprint density at radius 1 is 1.21 bits per heavy atom. The molecule has 0 amide bonds. The molecule has 0 bridgehead atoms. The minimum absolute atomic E-state index is 0.393. The summed E-state index contributed by atoms with van der Waals surface area (Å²) in [4.78, 5) is 8.37. The quantitative estimate of drug-likeness (QED) is 0.716. The van der Waals surface area contributed by atoms with E-state index in [1.807, 2.05) is 41.8 Å². The highest BCUT2D eigenvalue weighted by atomic mass is 15.1. The molecule has 0 saturated heterocycles. The van der Waals surface area contributed by atoms with Crippen LogP contribution in [0.15, 0.2) is 36.7 Å². The number of hydrogen-bond acceptors (Lipinski definition) is 4. The summed E-state index contributed by atoms with van der Waals surface area (Å²) in [5.74, 6) is 0.396. The van der Waals surface area contributed by atoms with Crippen LogP contribution < -0.4 is 5.73 Å². The number of aryl methyl sites for hydroxylation is 1. The number of para-hydroxylation sites is 1. The van der Waals surface area contributed by atoms with E-state index in [1.54, 1.807) is 0 Å². The minimum atomic E-state index is 0.393. The van der Waals surface area contributed by atoms with Crippen molar-refractivity contribution in [3.8, 4) is 11.8 Å². The molecular weight excluding hydrogens is 238 g/mol. The fourth-order valence-corrected chi connectivity index (χ4v) is 2.23. The molecule has 2 heterocycles. The van der Waals surface area contributed by atoms with Crippen LogP contribution in [0.3, 0.4) is 0 Å². The number of fused-ring (bicyclic) bond motifs is 1. The highest BCUT2D eigenvalue weighted by Crippen LogP contribution is 2.30. The number of nitrogens with zero attached hydrogens (tertiary/aromatic N) is 4. The number of rotatable bonds is 1. The van der Waals surface area contributed by atoms with Gasteiger partial charge in [-0.2, -0.15) is 5.26 Å². The topological polar surface area (TPSA) is 80.5 Å². The molecule has 5 heteroatoms. The summed E-state index contributed by atoms with van der Waals surface area (Å²) in [6.45, 7) is 1.88. The number of nitriles is 1. The van der Waals surface area contributed by atoms with Crippen LogP contribution in [0, 0.1) is 18.3 Å². The average Bonchev–Trinajstić information content (AvgIpc) is 2.73. The normalized spacial score (nSPS) is 10.5. The van der Waals surface area contributed by atoms with Gasteiger partial charge in [0.15, 0.2) is 0 Å². The van der Waals surface area contributed by atoms with Gasteiger partial charge in [0.1, 0.15) is 29.3 Å². The van der Waals surface area contributed by atoms with E-state index in [2.05, 4.69) is 16.0 Å². The second-order valence-electron chi connectivity index (χ2n) is 4.20. The smallest absolute Gasteiger partial charge is 0.129 e. The molecule has 5 nitrogen and oxygen atoms in total. The van der Waals surface area contributed by atoms with Gasteiger partial charge in [-0.1, -0.05) is 18.2 Å². The standard InChI is InChI=1S/C14H11N5/c1-9-13-12(18-8-17-9)11(7-15)14(16)19(13)10-5-3-2-4-6-10/h2-6,8H,16H2,1H3. The first-order valence-corrected chi connectivity index (χ1v) is 5.81. The second-order valence-corrected chi connectivity index (χ2v) is 4.20. The lowest BCUT2D eigenvalue weighted by Gasteiger charge is -2.08. The van der Waals surface area contributed by atoms with Crippen LogP contribution in [0.4, 0.5) is 5.82 Å². The molecule has 0 atom stereocenters. The summed E-state index contributed by atoms with van der Waals surface area (Å²) >= 11 is 0. The molecule has 0 radical (unpaired) electrons. The SMILES string of the molecule is Cc1ncnc2c(C#N)c(N)n(-c3ccccc3)c12. The number of nitrogens with two attached hydrogens (primary N) is 1. The highest BCUT2D eigenvalue weighted by molar-refractivity contribution is 5.91. The van der Waals surface area contributed by atoms with Crippen molar-refractivity contribution in [1.29, 1.82) is 5.26 Å². The maximum Gasteiger partial charge on any atom is 0.129 e. The van der Waals surface area contributed by atoms with Gasteiger partial charge in [0, 0.05) is 5.69 Å². The fraction of sp³-hybridized carbons (Fsp3) is 0.0714. The summed E-state index contributed by atoms with van der Waals surface area (Å²) in [6, 6.07) is 11.8. The van der Waals surface area contributed by atoms with Crippen molar-refractivity contribution in [3.63, 3.8) is 0 Å². The Labute approximate surface area is 109 Å². The molecule has 3 rings (SSSR count). The molecule has 92 valence electrons. The number of nitrogen functional groups attached to an aromatic ring is 1. The van der Waals surface area contributed by atoms with E-state index in [9.17, 15) is 5.26 Å². The lowest BCUT2D eigenvalue weighted by atomic mass is 10.2. The number of anilines is 1. The summed E-state index contributed by atoms with van der Waals surface area (Å²) in [7, 11) is 0. The number of aromatic nitrogens is 3. The van der Waals surface area contributed by atoms with Gasteiger partial charge in [-0.3, -0.25) is 4.57 Å². The van der Waals surface area contributed by atoms with Gasteiger partial charge in [0.25, 0.3) is 0 Å². The van der Waals surface area contributed by atoms with Crippen LogP contribution in [-0.4, -0.2) is 14.5 Å². The van der Waals surface area contributed by atoms with Gasteiger partial charge in [0.2, 0.25) is 0 Å². The molecule has 0 aliphatic heterocycles. The molecule has 0 spiro atoms. The predicted octanol–water partition coefficient (Wildman–Crippen LogP) is 2.18. The van der Waals surface area contributed by atoms with Gasteiger partial charge >= 0.3 is 0 Å². The van der Waals surface area contributed by atoms with E-state index < -0.39 is 0 Å². The van der Waals surface area contributed by atoms with E-state index in [-0.39, 0.29) is 0 Å². The maximum atomic E-state index is 9.26. The molecule has 2 aromatic heterocycles. The van der Waals surface area contributed by atoms with Crippen LogP contribution in [0.1, 0.15) is 11.3 Å². The van der Waals surface area contributed by atoms with Crippen LogP contribution in [0.2, 0.25) is 0 Å². The Morgan fingerprint density at radius 3 is 2.63 bits per heavy atom. The lowest BCUT2D eigenvalue weighted by molar-refractivity contribution is 1.08. The first-order chi connectivity index (χ1) is 9.24. The Balaban J connectivity index is 2.50. The molecule has 19 heavy (non-hydrogen) atoms. The minimum Gasteiger partial charge on any atom is -0.384 e. The third-order valence-corrected chi connectivity index (χ3v) is 3.09. The molecule has 0 fully saturated rings. The average molecular weight is 249 g/mol. The first-order valence-electron chi connectivity index (χ1n) is 5.81. The molecule has 0 saturated carbocycles. The van der Waals surface area contributed by atoms with Gasteiger partial charge in [0.05, 0.1) is 11.2 Å². The Bertz CT molecular complexity index is 796. The Kier molecular flexibility index (Phi) is 2.43. The van der Waals surface area contributed by atoms with Crippen molar-refractivity contribution in [2.45, 2.75) is 6.92 Å². The molecule has 0 aliphatic carbocycles. The summed E-state index contributed by atoms with van der Waals surface area (Å²) < 4.78 is 1.82. The largest absolute Gasteiger partial charge is 0.384 e. The van der Waals surface area contributed by atoms with Crippen LogP contribution in [0.25, 0.3) is 16.7 Å².